The van der Waals surface area contributed by atoms with E-state index in [9.17, 15) is 0 Å². The second kappa shape index (κ2) is 6.10. The lowest BCUT2D eigenvalue weighted by Gasteiger charge is -2.42. The zero-order valence-corrected chi connectivity index (χ0v) is 14.5. The molecule has 1 aliphatic carbocycles. The molecule has 0 N–H and O–H groups in total. The van der Waals surface area contributed by atoms with Crippen molar-refractivity contribution >= 4 is 0 Å². The van der Waals surface area contributed by atoms with Gasteiger partial charge in [-0.3, -0.25) is 0 Å². The van der Waals surface area contributed by atoms with Gasteiger partial charge in [0.15, 0.2) is 6.29 Å². The average Bonchev–Trinajstić information content (AvgIpc) is 2.43. The fourth-order valence-electron chi connectivity index (χ4n) is 3.30. The molecule has 0 spiro atoms. The lowest BCUT2D eigenvalue weighted by Crippen LogP contribution is -2.34. The Balaban J connectivity index is 2.45. The van der Waals surface area contributed by atoms with Gasteiger partial charge < -0.3 is 9.47 Å². The standard InChI is InChI=1S/C19H30O2/c1-7-20-17(21-8-2)14-9-10-15-16(13-14)19(5,6)12-11-18(15,3)4/h9-10,13,17H,7-8,11-12H2,1-6H3. The first-order chi connectivity index (χ1) is 9.81. The van der Waals surface area contributed by atoms with Crippen molar-refractivity contribution in [1.29, 1.82) is 0 Å². The first-order valence-electron chi connectivity index (χ1n) is 8.20. The van der Waals surface area contributed by atoms with Gasteiger partial charge in [-0.1, -0.05) is 39.8 Å². The maximum atomic E-state index is 5.76. The second-order valence-electron chi connectivity index (χ2n) is 7.32. The number of hydrogen-bond acceptors (Lipinski definition) is 2. The Kier molecular flexibility index (Phi) is 4.79. The summed E-state index contributed by atoms with van der Waals surface area (Å²) in [4.78, 5) is 0. The average molecular weight is 290 g/mol. The molecule has 1 aliphatic rings. The van der Waals surface area contributed by atoms with Crippen LogP contribution in [-0.2, 0) is 20.3 Å². The SMILES string of the molecule is CCOC(OCC)c1ccc2c(c1)C(C)(C)CCC2(C)C. The van der Waals surface area contributed by atoms with Crippen LogP contribution in [0, 0.1) is 0 Å². The Morgan fingerprint density at radius 3 is 1.95 bits per heavy atom. The van der Waals surface area contributed by atoms with Crippen LogP contribution in [0.15, 0.2) is 18.2 Å². The number of hydrogen-bond donors (Lipinski definition) is 0. The summed E-state index contributed by atoms with van der Waals surface area (Å²) in [7, 11) is 0. The molecule has 0 bridgehead atoms. The molecular weight excluding hydrogens is 260 g/mol. The molecule has 0 atom stereocenters. The molecule has 2 nitrogen and oxygen atoms in total. The molecule has 0 amide bonds. The monoisotopic (exact) mass is 290 g/mol. The summed E-state index contributed by atoms with van der Waals surface area (Å²) in [6.07, 6.45) is 2.23. The zero-order valence-electron chi connectivity index (χ0n) is 14.5. The maximum Gasteiger partial charge on any atom is 0.183 e. The Morgan fingerprint density at radius 1 is 0.905 bits per heavy atom. The van der Waals surface area contributed by atoms with E-state index in [0.717, 1.165) is 5.56 Å². The summed E-state index contributed by atoms with van der Waals surface area (Å²) < 4.78 is 11.5. The van der Waals surface area contributed by atoms with Crippen molar-refractivity contribution in [2.24, 2.45) is 0 Å². The van der Waals surface area contributed by atoms with E-state index in [4.69, 9.17) is 9.47 Å². The van der Waals surface area contributed by atoms with Gasteiger partial charge in [0.05, 0.1) is 0 Å². The van der Waals surface area contributed by atoms with Crippen molar-refractivity contribution in [3.63, 3.8) is 0 Å². The third-order valence-corrected chi connectivity index (χ3v) is 4.79. The van der Waals surface area contributed by atoms with Crippen LogP contribution in [0.25, 0.3) is 0 Å². The Morgan fingerprint density at radius 2 is 1.43 bits per heavy atom. The highest BCUT2D eigenvalue weighted by Gasteiger charge is 2.37. The quantitative estimate of drug-likeness (QED) is 0.702. The summed E-state index contributed by atoms with van der Waals surface area (Å²) in [6, 6.07) is 6.78. The Bertz CT molecular complexity index is 482. The summed E-state index contributed by atoms with van der Waals surface area (Å²) in [5, 5.41) is 0. The minimum atomic E-state index is -0.244. The fraction of sp³-hybridized carbons (Fsp3) is 0.684. The van der Waals surface area contributed by atoms with E-state index in [0.29, 0.717) is 13.2 Å². The minimum Gasteiger partial charge on any atom is -0.349 e. The van der Waals surface area contributed by atoms with Crippen LogP contribution in [-0.4, -0.2) is 13.2 Å². The summed E-state index contributed by atoms with van der Waals surface area (Å²) in [6.45, 7) is 14.7. The van der Waals surface area contributed by atoms with Crippen LogP contribution in [0.4, 0.5) is 0 Å². The molecule has 0 radical (unpaired) electrons. The molecule has 21 heavy (non-hydrogen) atoms. The smallest absolute Gasteiger partial charge is 0.183 e. The van der Waals surface area contributed by atoms with E-state index in [1.807, 2.05) is 13.8 Å². The van der Waals surface area contributed by atoms with Gasteiger partial charge in [0, 0.05) is 18.8 Å². The molecule has 2 rings (SSSR count). The molecule has 0 aliphatic heterocycles. The van der Waals surface area contributed by atoms with Crippen LogP contribution in [0.3, 0.4) is 0 Å². The number of fused-ring (bicyclic) bond motifs is 1. The molecule has 118 valence electrons. The highest BCUT2D eigenvalue weighted by atomic mass is 16.7. The highest BCUT2D eigenvalue weighted by Crippen LogP contribution is 2.46. The van der Waals surface area contributed by atoms with Crippen LogP contribution < -0.4 is 0 Å². The molecule has 2 heteroatoms. The van der Waals surface area contributed by atoms with Gasteiger partial charge in [0.25, 0.3) is 0 Å². The predicted molar refractivity (Wildman–Crippen MR) is 87.7 cm³/mol. The largest absolute Gasteiger partial charge is 0.349 e. The van der Waals surface area contributed by atoms with Gasteiger partial charge in [0.1, 0.15) is 0 Å². The summed E-state index contributed by atoms with van der Waals surface area (Å²) in [5.41, 5.74) is 4.57. The van der Waals surface area contributed by atoms with Crippen molar-refractivity contribution in [3.05, 3.63) is 34.9 Å². The van der Waals surface area contributed by atoms with E-state index in [1.165, 1.54) is 24.0 Å². The molecule has 0 saturated heterocycles. The lowest BCUT2D eigenvalue weighted by molar-refractivity contribution is -0.140. The molecule has 0 saturated carbocycles. The van der Waals surface area contributed by atoms with Gasteiger partial charge in [0.2, 0.25) is 0 Å². The zero-order chi connectivity index (χ0) is 15.7. The lowest BCUT2D eigenvalue weighted by atomic mass is 9.63. The van der Waals surface area contributed by atoms with E-state index < -0.39 is 0 Å². The van der Waals surface area contributed by atoms with Gasteiger partial charge in [-0.2, -0.15) is 0 Å². The number of benzene rings is 1. The molecule has 0 unspecified atom stereocenters. The van der Waals surface area contributed by atoms with Crippen LogP contribution in [0.1, 0.15) is 77.4 Å². The van der Waals surface area contributed by atoms with Crippen LogP contribution in [0.5, 0.6) is 0 Å². The van der Waals surface area contributed by atoms with Crippen LogP contribution >= 0.6 is 0 Å². The molecule has 0 heterocycles. The minimum absolute atomic E-state index is 0.226. The highest BCUT2D eigenvalue weighted by molar-refractivity contribution is 5.43. The first-order valence-corrected chi connectivity index (χ1v) is 8.20. The number of rotatable bonds is 5. The fourth-order valence-corrected chi connectivity index (χ4v) is 3.30. The van der Waals surface area contributed by atoms with Crippen molar-refractivity contribution in [1.82, 2.24) is 0 Å². The Labute approximate surface area is 129 Å². The van der Waals surface area contributed by atoms with E-state index >= 15 is 0 Å². The number of ether oxygens (including phenoxy) is 2. The van der Waals surface area contributed by atoms with Crippen molar-refractivity contribution < 1.29 is 9.47 Å². The van der Waals surface area contributed by atoms with Gasteiger partial charge in [-0.05, 0) is 54.7 Å². The third-order valence-electron chi connectivity index (χ3n) is 4.79. The third kappa shape index (κ3) is 3.32. The van der Waals surface area contributed by atoms with E-state index in [1.54, 1.807) is 0 Å². The Hall–Kier alpha value is -0.860. The predicted octanol–water partition coefficient (Wildman–Crippen LogP) is 5.11. The van der Waals surface area contributed by atoms with Crippen molar-refractivity contribution in [2.75, 3.05) is 13.2 Å². The van der Waals surface area contributed by atoms with Crippen LogP contribution in [0.2, 0.25) is 0 Å². The summed E-state index contributed by atoms with van der Waals surface area (Å²) in [5.74, 6) is 0. The first kappa shape index (κ1) is 16.5. The van der Waals surface area contributed by atoms with Gasteiger partial charge in [-0.15, -0.1) is 0 Å². The molecule has 1 aromatic carbocycles. The molecule has 0 aromatic heterocycles. The summed E-state index contributed by atoms with van der Waals surface area (Å²) >= 11 is 0. The van der Waals surface area contributed by atoms with E-state index in [-0.39, 0.29) is 17.1 Å². The molecular formula is C19H30O2. The van der Waals surface area contributed by atoms with Crippen molar-refractivity contribution in [3.8, 4) is 0 Å². The van der Waals surface area contributed by atoms with Crippen molar-refractivity contribution in [2.45, 2.75) is 71.5 Å². The van der Waals surface area contributed by atoms with Gasteiger partial charge in [-0.25, -0.2) is 0 Å². The topological polar surface area (TPSA) is 18.5 Å². The normalized spacial score (nSPS) is 19.6. The molecule has 0 fully saturated rings. The second-order valence-corrected chi connectivity index (χ2v) is 7.32. The maximum absolute atomic E-state index is 5.76. The molecule has 1 aromatic rings. The van der Waals surface area contributed by atoms with Gasteiger partial charge >= 0.3 is 0 Å². The van der Waals surface area contributed by atoms with E-state index in [2.05, 4.69) is 45.9 Å².